The number of fused-ring (bicyclic) bond motifs is 1. The van der Waals surface area contributed by atoms with Gasteiger partial charge in [-0.3, -0.25) is 0 Å². The van der Waals surface area contributed by atoms with Crippen LogP contribution in [0.3, 0.4) is 0 Å². The maximum absolute atomic E-state index is 6.02. The molecule has 4 rings (SSSR count). The molecular formula is C16H16O3. The Kier molecular flexibility index (Phi) is 2.67. The lowest BCUT2D eigenvalue weighted by Crippen LogP contribution is -2.07. The van der Waals surface area contributed by atoms with Crippen LogP contribution in [0.15, 0.2) is 36.4 Å². The molecule has 2 saturated heterocycles. The van der Waals surface area contributed by atoms with E-state index in [4.69, 9.17) is 14.2 Å². The highest BCUT2D eigenvalue weighted by molar-refractivity contribution is 5.89. The minimum absolute atomic E-state index is 0.281. The van der Waals surface area contributed by atoms with E-state index in [1.54, 1.807) is 0 Å². The molecule has 3 nitrogen and oxygen atoms in total. The summed E-state index contributed by atoms with van der Waals surface area (Å²) in [6, 6.07) is 12.7. The minimum atomic E-state index is 0.281. The normalized spacial score (nSPS) is 24.4. The Morgan fingerprint density at radius 2 is 1.79 bits per heavy atom. The second kappa shape index (κ2) is 4.51. The first kappa shape index (κ1) is 11.3. The quantitative estimate of drug-likeness (QED) is 0.771. The Bertz CT molecular complexity index is 600. The minimum Gasteiger partial charge on any atom is -0.490 e. The van der Waals surface area contributed by atoms with Crippen molar-refractivity contribution in [3.05, 3.63) is 42.0 Å². The van der Waals surface area contributed by atoms with Gasteiger partial charge in [-0.05, 0) is 10.9 Å². The van der Waals surface area contributed by atoms with Gasteiger partial charge >= 0.3 is 0 Å². The number of epoxide rings is 2. The van der Waals surface area contributed by atoms with Crippen molar-refractivity contribution in [2.75, 3.05) is 19.8 Å². The molecule has 2 aromatic carbocycles. The number of benzene rings is 2. The van der Waals surface area contributed by atoms with E-state index in [1.165, 1.54) is 16.3 Å². The maximum atomic E-state index is 6.02. The van der Waals surface area contributed by atoms with Gasteiger partial charge in [-0.1, -0.05) is 36.4 Å². The molecule has 3 heteroatoms. The third kappa shape index (κ3) is 2.44. The average Bonchev–Trinajstić information content (AvgIpc) is 3.32. The molecule has 0 bridgehead atoms. The van der Waals surface area contributed by atoms with Crippen LogP contribution in [0.4, 0.5) is 0 Å². The van der Waals surface area contributed by atoms with Gasteiger partial charge in [0.25, 0.3) is 0 Å². The lowest BCUT2D eigenvalue weighted by Gasteiger charge is -2.13. The van der Waals surface area contributed by atoms with Gasteiger partial charge in [-0.15, -0.1) is 0 Å². The monoisotopic (exact) mass is 256 g/mol. The third-order valence-corrected chi connectivity index (χ3v) is 3.63. The van der Waals surface area contributed by atoms with Crippen molar-refractivity contribution in [1.82, 2.24) is 0 Å². The number of ether oxygens (including phenoxy) is 3. The van der Waals surface area contributed by atoms with Crippen molar-refractivity contribution in [3.8, 4) is 5.75 Å². The van der Waals surface area contributed by atoms with Gasteiger partial charge in [0.2, 0.25) is 0 Å². The molecule has 0 aliphatic carbocycles. The van der Waals surface area contributed by atoms with E-state index < -0.39 is 0 Å². The SMILES string of the molecule is c1ccc2c(OCC3CO3)c(CC3CO3)ccc2c1. The molecule has 0 spiro atoms. The Hall–Kier alpha value is -1.58. The Morgan fingerprint density at radius 3 is 2.58 bits per heavy atom. The van der Waals surface area contributed by atoms with E-state index in [9.17, 15) is 0 Å². The van der Waals surface area contributed by atoms with E-state index in [0.717, 1.165) is 25.4 Å². The highest BCUT2D eigenvalue weighted by Gasteiger charge is 2.27. The predicted molar refractivity (Wildman–Crippen MR) is 72.6 cm³/mol. The third-order valence-electron chi connectivity index (χ3n) is 3.63. The summed E-state index contributed by atoms with van der Waals surface area (Å²) >= 11 is 0. The van der Waals surface area contributed by atoms with Crippen molar-refractivity contribution < 1.29 is 14.2 Å². The van der Waals surface area contributed by atoms with Gasteiger partial charge in [-0.2, -0.15) is 0 Å². The van der Waals surface area contributed by atoms with Crippen LogP contribution in [-0.4, -0.2) is 32.0 Å². The largest absolute Gasteiger partial charge is 0.490 e. The van der Waals surface area contributed by atoms with Crippen LogP contribution in [-0.2, 0) is 15.9 Å². The Morgan fingerprint density at radius 1 is 1.00 bits per heavy atom. The summed E-state index contributed by atoms with van der Waals surface area (Å²) in [4.78, 5) is 0. The fourth-order valence-corrected chi connectivity index (χ4v) is 2.39. The molecule has 2 atom stereocenters. The number of rotatable bonds is 5. The van der Waals surface area contributed by atoms with Crippen LogP contribution < -0.4 is 4.74 Å². The highest BCUT2D eigenvalue weighted by atomic mass is 16.6. The molecular weight excluding hydrogens is 240 g/mol. The number of hydrogen-bond acceptors (Lipinski definition) is 3. The second-order valence-corrected chi connectivity index (χ2v) is 5.20. The molecule has 2 aliphatic rings. The molecule has 19 heavy (non-hydrogen) atoms. The van der Waals surface area contributed by atoms with Gasteiger partial charge in [0, 0.05) is 11.8 Å². The molecule has 2 fully saturated rings. The fourth-order valence-electron chi connectivity index (χ4n) is 2.39. The molecule has 2 heterocycles. The van der Waals surface area contributed by atoms with Gasteiger partial charge in [0.1, 0.15) is 18.5 Å². The average molecular weight is 256 g/mol. The van der Waals surface area contributed by atoms with E-state index in [2.05, 4.69) is 36.4 Å². The fraction of sp³-hybridized carbons (Fsp3) is 0.375. The van der Waals surface area contributed by atoms with Gasteiger partial charge in [0.15, 0.2) is 0 Å². The van der Waals surface area contributed by atoms with Crippen LogP contribution in [0.5, 0.6) is 5.75 Å². The van der Waals surface area contributed by atoms with Crippen LogP contribution in [0.1, 0.15) is 5.56 Å². The first-order valence-corrected chi connectivity index (χ1v) is 6.77. The lowest BCUT2D eigenvalue weighted by molar-refractivity contribution is 0.263. The smallest absolute Gasteiger partial charge is 0.130 e. The van der Waals surface area contributed by atoms with Crippen LogP contribution in [0.2, 0.25) is 0 Å². The maximum Gasteiger partial charge on any atom is 0.130 e. The van der Waals surface area contributed by atoms with Crippen molar-refractivity contribution in [3.63, 3.8) is 0 Å². The Labute approximate surface area is 112 Å². The van der Waals surface area contributed by atoms with Crippen LogP contribution in [0, 0.1) is 0 Å². The molecule has 0 N–H and O–H groups in total. The second-order valence-electron chi connectivity index (χ2n) is 5.20. The summed E-state index contributed by atoms with van der Waals surface area (Å²) in [6.45, 7) is 2.34. The molecule has 0 radical (unpaired) electrons. The van der Waals surface area contributed by atoms with Gasteiger partial charge in [0.05, 0.1) is 19.3 Å². The predicted octanol–water partition coefficient (Wildman–Crippen LogP) is 2.56. The molecule has 2 aliphatic heterocycles. The zero-order chi connectivity index (χ0) is 12.7. The molecule has 2 unspecified atom stereocenters. The van der Waals surface area contributed by atoms with E-state index in [1.807, 2.05) is 0 Å². The standard InChI is InChI=1S/C16H16O3/c1-2-4-15-11(3-1)5-6-12(7-13-8-17-13)16(15)19-10-14-9-18-14/h1-6,13-14H,7-10H2. The van der Waals surface area contributed by atoms with Crippen molar-refractivity contribution in [2.45, 2.75) is 18.6 Å². The van der Waals surface area contributed by atoms with Crippen LogP contribution >= 0.6 is 0 Å². The van der Waals surface area contributed by atoms with E-state index in [0.29, 0.717) is 12.7 Å². The number of hydrogen-bond donors (Lipinski definition) is 0. The summed E-state index contributed by atoms with van der Waals surface area (Å²) in [6.07, 6.45) is 1.59. The molecule has 0 saturated carbocycles. The van der Waals surface area contributed by atoms with Gasteiger partial charge < -0.3 is 14.2 Å². The topological polar surface area (TPSA) is 34.3 Å². The first-order valence-electron chi connectivity index (χ1n) is 6.77. The molecule has 0 aromatic heterocycles. The summed E-state index contributed by atoms with van der Waals surface area (Å²) in [7, 11) is 0. The summed E-state index contributed by atoms with van der Waals surface area (Å²) in [5, 5.41) is 2.40. The van der Waals surface area contributed by atoms with Crippen LogP contribution in [0.25, 0.3) is 10.8 Å². The first-order chi connectivity index (χ1) is 9.40. The molecule has 0 amide bonds. The summed E-state index contributed by atoms with van der Waals surface area (Å²) in [5.74, 6) is 1.00. The molecule has 2 aromatic rings. The molecule has 98 valence electrons. The lowest BCUT2D eigenvalue weighted by atomic mass is 10.0. The van der Waals surface area contributed by atoms with Gasteiger partial charge in [-0.25, -0.2) is 0 Å². The zero-order valence-corrected chi connectivity index (χ0v) is 10.7. The van der Waals surface area contributed by atoms with E-state index >= 15 is 0 Å². The highest BCUT2D eigenvalue weighted by Crippen LogP contribution is 2.33. The van der Waals surface area contributed by atoms with Crippen molar-refractivity contribution in [2.24, 2.45) is 0 Å². The summed E-state index contributed by atoms with van der Waals surface area (Å²) < 4.78 is 16.6. The van der Waals surface area contributed by atoms with Crippen molar-refractivity contribution >= 4 is 10.8 Å². The van der Waals surface area contributed by atoms with Crippen molar-refractivity contribution in [1.29, 1.82) is 0 Å². The summed E-state index contributed by atoms with van der Waals surface area (Å²) in [5.41, 5.74) is 1.24. The zero-order valence-electron chi connectivity index (χ0n) is 10.7. The van der Waals surface area contributed by atoms with E-state index in [-0.39, 0.29) is 6.10 Å². The Balaban J connectivity index is 1.72.